The number of nitrogens with one attached hydrogen (secondary N) is 1. The summed E-state index contributed by atoms with van der Waals surface area (Å²) in [5.41, 5.74) is 1.14. The smallest absolute Gasteiger partial charge is 0.407 e. The van der Waals surface area contributed by atoms with Crippen molar-refractivity contribution < 1.29 is 23.1 Å². The van der Waals surface area contributed by atoms with Gasteiger partial charge in [0, 0.05) is 23.5 Å². The van der Waals surface area contributed by atoms with Crippen LogP contribution in [0, 0.1) is 5.82 Å². The number of rotatable bonds is 9. The molecule has 0 saturated heterocycles. The normalized spacial score (nSPS) is 13.2. The summed E-state index contributed by atoms with van der Waals surface area (Å²) in [6.07, 6.45) is 2.12. The van der Waals surface area contributed by atoms with Gasteiger partial charge in [0.1, 0.15) is 11.9 Å². The quantitative estimate of drug-likeness (QED) is 0.266. The summed E-state index contributed by atoms with van der Waals surface area (Å²) >= 11 is 5.75. The molecule has 39 heavy (non-hydrogen) atoms. The van der Waals surface area contributed by atoms with E-state index in [-0.39, 0.29) is 22.5 Å². The molecule has 2 heterocycles. The third-order valence-corrected chi connectivity index (χ3v) is 11.1. The van der Waals surface area contributed by atoms with Crippen molar-refractivity contribution in [3.05, 3.63) is 59.6 Å². The number of hydrogen-bond donors (Lipinski definition) is 1. The molecule has 2 aromatic heterocycles. The lowest BCUT2D eigenvalue weighted by atomic mass is 10.1. The zero-order valence-electron chi connectivity index (χ0n) is 23.8. The van der Waals surface area contributed by atoms with E-state index in [1.807, 2.05) is 45.2 Å². The van der Waals surface area contributed by atoms with Crippen molar-refractivity contribution in [2.75, 3.05) is 6.61 Å². The lowest BCUT2D eigenvalue weighted by Crippen LogP contribution is -2.46. The van der Waals surface area contributed by atoms with Gasteiger partial charge in [-0.15, -0.1) is 0 Å². The van der Waals surface area contributed by atoms with Gasteiger partial charge in [0.25, 0.3) is 5.88 Å². The topological polar surface area (TPSA) is 87.5 Å². The maximum atomic E-state index is 14.0. The van der Waals surface area contributed by atoms with Gasteiger partial charge in [0.05, 0.1) is 23.9 Å². The number of hydrogen-bond acceptors (Lipinski definition) is 6. The Kier molecular flexibility index (Phi) is 9.46. The molecular weight excluding hydrogens is 539 g/mol. The summed E-state index contributed by atoms with van der Waals surface area (Å²) in [5.74, 6) is -0.373. The predicted molar refractivity (Wildman–Crippen MR) is 153 cm³/mol. The molecule has 0 aliphatic rings. The molecule has 11 heteroatoms. The SMILES string of the molecule is CC(C)(C)NC(=O)O[C@H](CO[Si](C)(C)C(C)(C)C)Cn1ccc(-c2ccc(Oc3ncc(Cl)cc3F)cc2)n1. The number of carbonyl (C=O) groups excluding carboxylic acids is 1. The first-order valence-electron chi connectivity index (χ1n) is 12.8. The Bertz CT molecular complexity index is 1270. The van der Waals surface area contributed by atoms with Crippen molar-refractivity contribution >= 4 is 26.0 Å². The summed E-state index contributed by atoms with van der Waals surface area (Å²) in [7, 11) is -2.06. The molecule has 0 saturated carbocycles. The Labute approximate surface area is 236 Å². The minimum Gasteiger partial charge on any atom is -0.442 e. The zero-order chi connectivity index (χ0) is 29.0. The van der Waals surface area contributed by atoms with E-state index < -0.39 is 31.9 Å². The third kappa shape index (κ3) is 9.05. The van der Waals surface area contributed by atoms with Crippen LogP contribution in [0.3, 0.4) is 0 Å². The number of benzene rings is 1. The highest BCUT2D eigenvalue weighted by Crippen LogP contribution is 2.36. The van der Waals surface area contributed by atoms with Crippen molar-refractivity contribution in [3.8, 4) is 22.9 Å². The second kappa shape index (κ2) is 12.1. The van der Waals surface area contributed by atoms with Crippen molar-refractivity contribution in [2.24, 2.45) is 0 Å². The van der Waals surface area contributed by atoms with Gasteiger partial charge in [-0.3, -0.25) is 4.68 Å². The van der Waals surface area contributed by atoms with E-state index >= 15 is 0 Å². The number of carbonyl (C=O) groups is 1. The van der Waals surface area contributed by atoms with Gasteiger partial charge in [-0.05, 0) is 75.3 Å². The average molecular weight is 577 g/mol. The largest absolute Gasteiger partial charge is 0.442 e. The lowest BCUT2D eigenvalue weighted by Gasteiger charge is -2.37. The molecule has 3 aromatic rings. The summed E-state index contributed by atoms with van der Waals surface area (Å²) in [6, 6.07) is 10.1. The van der Waals surface area contributed by atoms with E-state index in [1.54, 1.807) is 16.8 Å². The number of alkyl carbamates (subject to hydrolysis) is 1. The highest BCUT2D eigenvalue weighted by molar-refractivity contribution is 6.74. The highest BCUT2D eigenvalue weighted by Gasteiger charge is 2.38. The number of aromatic nitrogens is 3. The first-order chi connectivity index (χ1) is 18.0. The Morgan fingerprint density at radius 3 is 2.38 bits per heavy atom. The van der Waals surface area contributed by atoms with Crippen LogP contribution in [0.4, 0.5) is 9.18 Å². The molecule has 0 radical (unpaired) electrons. The maximum Gasteiger partial charge on any atom is 0.407 e. The van der Waals surface area contributed by atoms with Crippen LogP contribution in [0.15, 0.2) is 48.8 Å². The van der Waals surface area contributed by atoms with Crippen molar-refractivity contribution in [1.29, 1.82) is 0 Å². The van der Waals surface area contributed by atoms with Crippen LogP contribution in [0.25, 0.3) is 11.3 Å². The first-order valence-corrected chi connectivity index (χ1v) is 16.1. The second-order valence-corrected chi connectivity index (χ2v) is 17.2. The van der Waals surface area contributed by atoms with E-state index in [0.717, 1.165) is 17.3 Å². The summed E-state index contributed by atoms with van der Waals surface area (Å²) in [6.45, 7) is 17.1. The number of amides is 1. The van der Waals surface area contributed by atoms with Crippen LogP contribution in [-0.2, 0) is 15.7 Å². The van der Waals surface area contributed by atoms with E-state index in [2.05, 4.69) is 49.3 Å². The van der Waals surface area contributed by atoms with E-state index in [0.29, 0.717) is 12.3 Å². The number of ether oxygens (including phenoxy) is 2. The molecule has 1 atom stereocenters. The molecule has 0 fully saturated rings. The van der Waals surface area contributed by atoms with Gasteiger partial charge in [0.15, 0.2) is 14.1 Å². The minimum absolute atomic E-state index is 0.0232. The van der Waals surface area contributed by atoms with E-state index in [4.69, 9.17) is 25.5 Å². The molecule has 0 bridgehead atoms. The van der Waals surface area contributed by atoms with Gasteiger partial charge < -0.3 is 19.2 Å². The summed E-state index contributed by atoms with van der Waals surface area (Å²) in [5, 5.41) is 7.72. The van der Waals surface area contributed by atoms with Crippen LogP contribution < -0.4 is 10.1 Å². The zero-order valence-corrected chi connectivity index (χ0v) is 25.6. The Hall–Kier alpha value is -2.95. The second-order valence-electron chi connectivity index (χ2n) is 12.0. The number of pyridine rings is 1. The molecule has 0 spiro atoms. The fourth-order valence-corrected chi connectivity index (χ4v) is 4.42. The van der Waals surface area contributed by atoms with Crippen molar-refractivity contribution in [3.63, 3.8) is 0 Å². The van der Waals surface area contributed by atoms with E-state index in [1.165, 1.54) is 6.20 Å². The summed E-state index contributed by atoms with van der Waals surface area (Å²) < 4.78 is 33.4. The number of halogens is 2. The highest BCUT2D eigenvalue weighted by atomic mass is 35.5. The van der Waals surface area contributed by atoms with Gasteiger partial charge in [-0.25, -0.2) is 14.2 Å². The molecule has 1 amide bonds. The standard InChI is InChI=1S/C28H38ClFN4O4Si/c1-27(2,3)32-26(35)38-22(18-36-39(7,8)28(4,5)6)17-34-14-13-24(33-34)19-9-11-21(12-10-19)37-25-23(30)15-20(29)16-31-25/h9-16,22H,17-18H2,1-8H3,(H,32,35)/t22-/m0/s1. The Morgan fingerprint density at radius 1 is 1.13 bits per heavy atom. The predicted octanol–water partition coefficient (Wildman–Crippen LogP) is 7.45. The monoisotopic (exact) mass is 576 g/mol. The fourth-order valence-electron chi connectivity index (χ4n) is 3.24. The minimum atomic E-state index is -2.06. The van der Waals surface area contributed by atoms with Crippen LogP contribution >= 0.6 is 11.6 Å². The van der Waals surface area contributed by atoms with Crippen LogP contribution in [0.5, 0.6) is 11.6 Å². The third-order valence-electron chi connectivity index (χ3n) is 6.36. The average Bonchev–Trinajstić information content (AvgIpc) is 3.26. The Morgan fingerprint density at radius 2 is 1.79 bits per heavy atom. The number of nitrogens with zero attached hydrogens (tertiary/aromatic N) is 3. The van der Waals surface area contributed by atoms with Gasteiger partial charge in [-0.2, -0.15) is 5.10 Å². The Balaban J connectivity index is 1.71. The first kappa shape index (κ1) is 30.6. The van der Waals surface area contributed by atoms with Crippen molar-refractivity contribution in [1.82, 2.24) is 20.1 Å². The summed E-state index contributed by atoms with van der Waals surface area (Å²) in [4.78, 5) is 16.4. The molecule has 0 unspecified atom stereocenters. The van der Waals surface area contributed by atoms with Crippen molar-refractivity contribution in [2.45, 2.75) is 77.9 Å². The van der Waals surface area contributed by atoms with Gasteiger partial charge in [-0.1, -0.05) is 32.4 Å². The molecule has 0 aliphatic heterocycles. The van der Waals surface area contributed by atoms with Crippen LogP contribution in [-0.4, -0.2) is 47.4 Å². The van der Waals surface area contributed by atoms with E-state index in [9.17, 15) is 9.18 Å². The van der Waals surface area contributed by atoms with Gasteiger partial charge >= 0.3 is 6.09 Å². The van der Waals surface area contributed by atoms with Gasteiger partial charge in [0.2, 0.25) is 0 Å². The molecule has 1 aromatic carbocycles. The fraction of sp³-hybridized carbons (Fsp3) is 0.464. The molecule has 8 nitrogen and oxygen atoms in total. The molecule has 0 aliphatic carbocycles. The molecule has 3 rings (SSSR count). The lowest BCUT2D eigenvalue weighted by molar-refractivity contribution is 0.0454. The van der Waals surface area contributed by atoms with Crippen LogP contribution in [0.1, 0.15) is 41.5 Å². The molecule has 212 valence electrons. The van der Waals surface area contributed by atoms with Crippen LogP contribution in [0.2, 0.25) is 23.2 Å². The molecular formula is C28H38ClFN4O4Si. The maximum absolute atomic E-state index is 14.0. The molecule has 1 N–H and O–H groups in total.